The smallest absolute Gasteiger partial charge is 0.320 e. The van der Waals surface area contributed by atoms with Crippen molar-refractivity contribution in [3.63, 3.8) is 0 Å². The van der Waals surface area contributed by atoms with Gasteiger partial charge < -0.3 is 5.11 Å². The summed E-state index contributed by atoms with van der Waals surface area (Å²) < 4.78 is 40.2. The van der Waals surface area contributed by atoms with E-state index in [0.717, 1.165) is 6.07 Å². The van der Waals surface area contributed by atoms with Gasteiger partial charge in [0, 0.05) is 12.6 Å². The van der Waals surface area contributed by atoms with Gasteiger partial charge in [-0.2, -0.15) is 0 Å². The van der Waals surface area contributed by atoms with Crippen molar-refractivity contribution in [1.29, 1.82) is 0 Å². The van der Waals surface area contributed by atoms with Gasteiger partial charge >= 0.3 is 5.97 Å². The maximum absolute atomic E-state index is 13.2. The van der Waals surface area contributed by atoms with E-state index in [2.05, 4.69) is 4.72 Å². The molecule has 2 atom stereocenters. The third kappa shape index (κ3) is 5.13. The van der Waals surface area contributed by atoms with Crippen LogP contribution in [-0.4, -0.2) is 49.6 Å². The van der Waals surface area contributed by atoms with Crippen molar-refractivity contribution in [3.8, 4) is 0 Å². The summed E-state index contributed by atoms with van der Waals surface area (Å²) in [5.74, 6) is -1.55. The largest absolute Gasteiger partial charge is 0.480 e. The highest BCUT2D eigenvalue weighted by atomic mass is 35.5. The number of rotatable bonds is 5. The Balaban J connectivity index is 0.00000264. The molecule has 0 saturated carbocycles. The zero-order valence-electron chi connectivity index (χ0n) is 12.6. The fourth-order valence-electron chi connectivity index (χ4n) is 2.53. The van der Waals surface area contributed by atoms with Gasteiger partial charge in [0.15, 0.2) is 0 Å². The number of nitrogens with one attached hydrogen (secondary N) is 1. The number of piperidine rings is 1. The molecule has 1 aromatic rings. The van der Waals surface area contributed by atoms with Gasteiger partial charge in [-0.05, 0) is 44.5 Å². The Labute approximate surface area is 141 Å². The molecule has 0 spiro atoms. The zero-order chi connectivity index (χ0) is 16.3. The van der Waals surface area contributed by atoms with Crippen LogP contribution >= 0.6 is 12.4 Å². The van der Waals surface area contributed by atoms with Crippen molar-refractivity contribution in [2.75, 3.05) is 13.1 Å². The monoisotopic (exact) mass is 366 g/mol. The number of likely N-dealkylation sites (tertiary alicyclic amines) is 1. The maximum atomic E-state index is 13.2. The minimum Gasteiger partial charge on any atom is -0.480 e. The standard InChI is InChI=1S/C14H19FN2O4S.ClH/c1-10(14(18)19)17-7-3-5-12(9-17)16-22(20,21)13-6-2-4-11(15)8-13;/h2,4,6,8,10,12,16H,3,5,7,9H2,1H3,(H,18,19);1H. The quantitative estimate of drug-likeness (QED) is 0.824. The Bertz CT molecular complexity index is 656. The molecule has 23 heavy (non-hydrogen) atoms. The van der Waals surface area contributed by atoms with Gasteiger partial charge in [0.05, 0.1) is 4.90 Å². The van der Waals surface area contributed by atoms with Gasteiger partial charge in [0.2, 0.25) is 10.0 Å². The third-order valence-electron chi connectivity index (χ3n) is 3.79. The summed E-state index contributed by atoms with van der Waals surface area (Å²) in [4.78, 5) is 12.6. The summed E-state index contributed by atoms with van der Waals surface area (Å²) in [5.41, 5.74) is 0. The van der Waals surface area contributed by atoms with Crippen LogP contribution in [-0.2, 0) is 14.8 Å². The molecule has 2 unspecified atom stereocenters. The van der Waals surface area contributed by atoms with E-state index in [1.54, 1.807) is 11.8 Å². The number of aliphatic carboxylic acids is 1. The minimum absolute atomic E-state index is 0. The van der Waals surface area contributed by atoms with E-state index >= 15 is 0 Å². The molecule has 1 saturated heterocycles. The molecule has 130 valence electrons. The first-order chi connectivity index (χ1) is 10.3. The van der Waals surface area contributed by atoms with Gasteiger partial charge in [0.25, 0.3) is 0 Å². The van der Waals surface area contributed by atoms with E-state index in [9.17, 15) is 17.6 Å². The van der Waals surface area contributed by atoms with Gasteiger partial charge in [0.1, 0.15) is 11.9 Å². The van der Waals surface area contributed by atoms with Gasteiger partial charge in [-0.25, -0.2) is 17.5 Å². The number of halogens is 2. The van der Waals surface area contributed by atoms with E-state index in [0.29, 0.717) is 25.9 Å². The molecule has 1 aliphatic rings. The van der Waals surface area contributed by atoms with Crippen LogP contribution in [0.15, 0.2) is 29.2 Å². The lowest BCUT2D eigenvalue weighted by molar-refractivity contribution is -0.143. The number of sulfonamides is 1. The summed E-state index contributed by atoms with van der Waals surface area (Å²) in [5, 5.41) is 9.04. The molecule has 0 aliphatic carbocycles. The van der Waals surface area contributed by atoms with Crippen LogP contribution in [0.5, 0.6) is 0 Å². The van der Waals surface area contributed by atoms with Crippen LogP contribution in [0.3, 0.4) is 0 Å². The highest BCUT2D eigenvalue weighted by molar-refractivity contribution is 7.89. The molecule has 0 aromatic heterocycles. The topological polar surface area (TPSA) is 86.7 Å². The van der Waals surface area contributed by atoms with Crippen LogP contribution in [0, 0.1) is 5.82 Å². The molecule has 0 amide bonds. The molecule has 1 heterocycles. The molecule has 1 aromatic carbocycles. The molecular weight excluding hydrogens is 347 g/mol. The van der Waals surface area contributed by atoms with E-state index in [4.69, 9.17) is 5.11 Å². The first kappa shape index (κ1) is 19.8. The lowest BCUT2D eigenvalue weighted by atomic mass is 10.1. The van der Waals surface area contributed by atoms with E-state index in [1.165, 1.54) is 18.2 Å². The first-order valence-electron chi connectivity index (χ1n) is 7.04. The number of benzene rings is 1. The Morgan fingerprint density at radius 2 is 2.17 bits per heavy atom. The molecule has 2 rings (SSSR count). The highest BCUT2D eigenvalue weighted by Gasteiger charge is 2.29. The lowest BCUT2D eigenvalue weighted by Gasteiger charge is -2.35. The van der Waals surface area contributed by atoms with Crippen molar-refractivity contribution < 1.29 is 22.7 Å². The van der Waals surface area contributed by atoms with E-state index in [1.807, 2.05) is 0 Å². The fraction of sp³-hybridized carbons (Fsp3) is 0.500. The van der Waals surface area contributed by atoms with Crippen LogP contribution in [0.1, 0.15) is 19.8 Å². The third-order valence-corrected chi connectivity index (χ3v) is 5.30. The zero-order valence-corrected chi connectivity index (χ0v) is 14.2. The van der Waals surface area contributed by atoms with Crippen molar-refractivity contribution in [3.05, 3.63) is 30.1 Å². The van der Waals surface area contributed by atoms with Crippen LogP contribution in [0.4, 0.5) is 4.39 Å². The summed E-state index contributed by atoms with van der Waals surface area (Å²) in [6, 6.07) is 3.75. The summed E-state index contributed by atoms with van der Waals surface area (Å²) in [6.45, 7) is 2.51. The predicted octanol–water partition coefficient (Wildman–Crippen LogP) is 1.46. The molecule has 1 fully saturated rings. The van der Waals surface area contributed by atoms with E-state index < -0.39 is 27.9 Å². The molecule has 0 radical (unpaired) electrons. The van der Waals surface area contributed by atoms with Crippen molar-refractivity contribution >= 4 is 28.4 Å². The summed E-state index contributed by atoms with van der Waals surface area (Å²) >= 11 is 0. The van der Waals surface area contributed by atoms with Crippen LogP contribution < -0.4 is 4.72 Å². The Kier molecular flexibility index (Phi) is 6.94. The summed E-state index contributed by atoms with van der Waals surface area (Å²) in [6.07, 6.45) is 1.32. The fourth-order valence-corrected chi connectivity index (χ4v) is 3.82. The summed E-state index contributed by atoms with van der Waals surface area (Å²) in [7, 11) is -3.82. The number of nitrogens with zero attached hydrogens (tertiary/aromatic N) is 1. The average Bonchev–Trinajstić information content (AvgIpc) is 2.46. The Morgan fingerprint density at radius 1 is 1.48 bits per heavy atom. The van der Waals surface area contributed by atoms with Crippen molar-refractivity contribution in [1.82, 2.24) is 9.62 Å². The van der Waals surface area contributed by atoms with Crippen molar-refractivity contribution in [2.45, 2.75) is 36.7 Å². The minimum atomic E-state index is -3.82. The first-order valence-corrected chi connectivity index (χ1v) is 8.52. The van der Waals surface area contributed by atoms with E-state index in [-0.39, 0.29) is 23.3 Å². The van der Waals surface area contributed by atoms with Crippen molar-refractivity contribution in [2.24, 2.45) is 0 Å². The van der Waals surface area contributed by atoms with Gasteiger partial charge in [-0.15, -0.1) is 12.4 Å². The second kappa shape index (κ2) is 8.05. The molecule has 0 bridgehead atoms. The molecular formula is C14H20ClFN2O4S. The van der Waals surface area contributed by atoms with Crippen LogP contribution in [0.2, 0.25) is 0 Å². The second-order valence-corrected chi connectivity index (χ2v) is 7.14. The Morgan fingerprint density at radius 3 is 2.78 bits per heavy atom. The predicted molar refractivity (Wildman–Crippen MR) is 85.7 cm³/mol. The highest BCUT2D eigenvalue weighted by Crippen LogP contribution is 2.17. The number of carboxylic acids is 1. The number of hydrogen-bond acceptors (Lipinski definition) is 4. The number of hydrogen-bond donors (Lipinski definition) is 2. The SMILES string of the molecule is CC(C(=O)O)N1CCCC(NS(=O)(=O)c2cccc(F)c2)C1.Cl. The lowest BCUT2D eigenvalue weighted by Crippen LogP contribution is -2.52. The van der Waals surface area contributed by atoms with Gasteiger partial charge in [-0.1, -0.05) is 6.07 Å². The maximum Gasteiger partial charge on any atom is 0.320 e. The Hall–Kier alpha value is -1.22. The molecule has 2 N–H and O–H groups in total. The number of carboxylic acid groups (broad SMARTS) is 1. The van der Waals surface area contributed by atoms with Gasteiger partial charge in [-0.3, -0.25) is 9.69 Å². The van der Waals surface area contributed by atoms with Crippen LogP contribution in [0.25, 0.3) is 0 Å². The molecule has 6 nitrogen and oxygen atoms in total. The average molecular weight is 367 g/mol. The molecule has 9 heteroatoms. The second-order valence-electron chi connectivity index (χ2n) is 5.43. The number of carbonyl (C=O) groups is 1. The molecule has 1 aliphatic heterocycles. The normalized spacial score (nSPS) is 20.5.